The number of carbonyl (C=O) groups excluding carboxylic acids is 1. The van der Waals surface area contributed by atoms with E-state index >= 15 is 0 Å². The third-order valence-electron chi connectivity index (χ3n) is 8.67. The van der Waals surface area contributed by atoms with E-state index in [0.29, 0.717) is 31.4 Å². The number of methoxy groups -OCH3 is 2. The summed E-state index contributed by atoms with van der Waals surface area (Å²) in [6, 6.07) is 11.4. The number of likely N-dealkylation sites (tertiary alicyclic amines) is 1. The maximum atomic E-state index is 13.6. The molecule has 3 saturated heterocycles. The van der Waals surface area contributed by atoms with Crippen LogP contribution in [-0.2, 0) is 20.6 Å². The highest BCUT2D eigenvalue weighted by Gasteiger charge is 2.32. The van der Waals surface area contributed by atoms with Crippen LogP contribution in [0, 0.1) is 6.92 Å². The third-order valence-corrected chi connectivity index (χ3v) is 8.67. The Morgan fingerprint density at radius 3 is 2.62 bits per heavy atom. The fourth-order valence-electron chi connectivity index (χ4n) is 6.24. The Bertz CT molecular complexity index is 1110. The summed E-state index contributed by atoms with van der Waals surface area (Å²) >= 11 is 0. The zero-order chi connectivity index (χ0) is 27.9. The van der Waals surface area contributed by atoms with Gasteiger partial charge < -0.3 is 29.2 Å². The van der Waals surface area contributed by atoms with E-state index in [0.717, 1.165) is 69.2 Å². The van der Waals surface area contributed by atoms with Gasteiger partial charge in [0.05, 0.1) is 37.7 Å². The number of aryl methyl sites for hydroxylation is 1. The van der Waals surface area contributed by atoms with Crippen molar-refractivity contribution in [2.75, 3.05) is 40.5 Å². The molecule has 0 saturated carbocycles. The SMILES string of the molecule is COc1nc(CC[C@H]2CCC[C@@H](c3ccccc3)O2)c(C)c(C(=O)N2CCC(N[C@@H]3CCOC[C@@H]3OC)CC2)n1. The van der Waals surface area contributed by atoms with Crippen LogP contribution in [0.5, 0.6) is 6.01 Å². The van der Waals surface area contributed by atoms with E-state index in [1.165, 1.54) is 5.56 Å². The standard InChI is InChI=1S/C31H44N4O5/c1-21-25(13-12-24-10-7-11-27(40-24)22-8-5-4-6-9-22)33-31(38-3)34-29(21)30(36)35-17-14-23(15-18-35)32-26-16-19-39-20-28(26)37-2/h4-6,8-9,23-24,26-28,32H,7,10-20H2,1-3H3/t24-,26-,27+,28+/m1/s1. The lowest BCUT2D eigenvalue weighted by Gasteiger charge is -2.38. The van der Waals surface area contributed by atoms with Gasteiger partial charge in [-0.25, -0.2) is 0 Å². The largest absolute Gasteiger partial charge is 0.467 e. The predicted molar refractivity (Wildman–Crippen MR) is 152 cm³/mol. The molecular formula is C31H44N4O5. The first kappa shape index (κ1) is 28.9. The molecule has 0 aliphatic carbocycles. The van der Waals surface area contributed by atoms with E-state index in [1.54, 1.807) is 14.2 Å². The minimum Gasteiger partial charge on any atom is -0.467 e. The van der Waals surface area contributed by atoms with Crippen molar-refractivity contribution >= 4 is 5.91 Å². The summed E-state index contributed by atoms with van der Waals surface area (Å²) in [7, 11) is 3.30. The van der Waals surface area contributed by atoms with Crippen LogP contribution in [0.3, 0.4) is 0 Å². The summed E-state index contributed by atoms with van der Waals surface area (Å²) in [6.45, 7) is 4.72. The van der Waals surface area contributed by atoms with Crippen LogP contribution in [0.1, 0.15) is 78.4 Å². The molecule has 9 heteroatoms. The second-order valence-electron chi connectivity index (χ2n) is 11.2. The van der Waals surface area contributed by atoms with Crippen LogP contribution in [0.25, 0.3) is 0 Å². The average Bonchev–Trinajstić information content (AvgIpc) is 3.01. The van der Waals surface area contributed by atoms with Gasteiger partial charge >= 0.3 is 6.01 Å². The number of aromatic nitrogens is 2. The Morgan fingerprint density at radius 1 is 1.07 bits per heavy atom. The van der Waals surface area contributed by atoms with E-state index in [4.69, 9.17) is 18.9 Å². The number of amides is 1. The summed E-state index contributed by atoms with van der Waals surface area (Å²) < 4.78 is 23.1. The third kappa shape index (κ3) is 7.00. The molecule has 2 aromatic rings. The molecule has 0 unspecified atom stereocenters. The van der Waals surface area contributed by atoms with Gasteiger partial charge in [0, 0.05) is 44.5 Å². The van der Waals surface area contributed by atoms with Gasteiger partial charge in [-0.2, -0.15) is 9.97 Å². The molecule has 1 aromatic carbocycles. The van der Waals surface area contributed by atoms with Gasteiger partial charge in [0.15, 0.2) is 0 Å². The molecular weight excluding hydrogens is 508 g/mol. The molecule has 1 N–H and O–H groups in total. The van der Waals surface area contributed by atoms with Crippen LogP contribution in [0.15, 0.2) is 30.3 Å². The summed E-state index contributed by atoms with van der Waals surface area (Å²) in [4.78, 5) is 24.7. The van der Waals surface area contributed by atoms with E-state index < -0.39 is 0 Å². The number of ether oxygens (including phenoxy) is 4. The molecule has 4 heterocycles. The summed E-state index contributed by atoms with van der Waals surface area (Å²) in [5.41, 5.74) is 3.39. The van der Waals surface area contributed by atoms with Gasteiger partial charge in [-0.3, -0.25) is 4.79 Å². The zero-order valence-corrected chi connectivity index (χ0v) is 24.1. The van der Waals surface area contributed by atoms with Gasteiger partial charge in [0.2, 0.25) is 0 Å². The lowest BCUT2D eigenvalue weighted by atomic mass is 9.95. The lowest BCUT2D eigenvalue weighted by Crippen LogP contribution is -2.54. The van der Waals surface area contributed by atoms with Gasteiger partial charge in [-0.15, -0.1) is 0 Å². The van der Waals surface area contributed by atoms with Crippen molar-refractivity contribution in [3.63, 3.8) is 0 Å². The predicted octanol–water partition coefficient (Wildman–Crippen LogP) is 4.03. The minimum atomic E-state index is -0.0446. The van der Waals surface area contributed by atoms with Gasteiger partial charge in [-0.05, 0) is 63.9 Å². The fraction of sp³-hybridized carbons (Fsp3) is 0.645. The normalized spacial score (nSPS) is 26.0. The van der Waals surface area contributed by atoms with Crippen LogP contribution in [-0.4, -0.2) is 85.6 Å². The van der Waals surface area contributed by atoms with Crippen LogP contribution < -0.4 is 10.1 Å². The number of nitrogens with zero attached hydrogens (tertiary/aromatic N) is 3. The average molecular weight is 553 g/mol. The van der Waals surface area contributed by atoms with Crippen molar-refractivity contribution in [1.29, 1.82) is 0 Å². The molecule has 3 aliphatic rings. The van der Waals surface area contributed by atoms with Gasteiger partial charge in [-0.1, -0.05) is 30.3 Å². The molecule has 4 atom stereocenters. The Balaban J connectivity index is 1.19. The number of piperidine rings is 1. The molecule has 0 spiro atoms. The van der Waals surface area contributed by atoms with Crippen LogP contribution in [0.4, 0.5) is 0 Å². The zero-order valence-electron chi connectivity index (χ0n) is 24.1. The smallest absolute Gasteiger partial charge is 0.317 e. The van der Waals surface area contributed by atoms with Crippen molar-refractivity contribution in [3.05, 3.63) is 52.8 Å². The molecule has 40 heavy (non-hydrogen) atoms. The number of benzene rings is 1. The first-order valence-electron chi connectivity index (χ1n) is 14.8. The van der Waals surface area contributed by atoms with E-state index in [1.807, 2.05) is 17.9 Å². The maximum absolute atomic E-state index is 13.6. The van der Waals surface area contributed by atoms with Crippen molar-refractivity contribution in [3.8, 4) is 6.01 Å². The first-order chi connectivity index (χ1) is 19.6. The van der Waals surface area contributed by atoms with E-state index in [-0.39, 0.29) is 36.3 Å². The highest BCUT2D eigenvalue weighted by Crippen LogP contribution is 2.33. The highest BCUT2D eigenvalue weighted by atomic mass is 16.5. The van der Waals surface area contributed by atoms with Crippen molar-refractivity contribution in [2.45, 2.75) is 88.7 Å². The van der Waals surface area contributed by atoms with E-state index in [9.17, 15) is 4.79 Å². The highest BCUT2D eigenvalue weighted by molar-refractivity contribution is 5.94. The Morgan fingerprint density at radius 2 is 1.88 bits per heavy atom. The molecule has 3 fully saturated rings. The first-order valence-corrected chi connectivity index (χ1v) is 14.8. The molecule has 1 aromatic heterocycles. The van der Waals surface area contributed by atoms with Crippen molar-refractivity contribution in [2.24, 2.45) is 0 Å². The molecule has 5 rings (SSSR count). The maximum Gasteiger partial charge on any atom is 0.317 e. The number of nitrogens with one attached hydrogen (secondary N) is 1. The Labute approximate surface area is 237 Å². The molecule has 0 bridgehead atoms. The number of hydrogen-bond donors (Lipinski definition) is 1. The minimum absolute atomic E-state index is 0.0446. The lowest BCUT2D eigenvalue weighted by molar-refractivity contribution is -0.0547. The van der Waals surface area contributed by atoms with Gasteiger partial charge in [0.25, 0.3) is 5.91 Å². The van der Waals surface area contributed by atoms with Crippen molar-refractivity contribution in [1.82, 2.24) is 20.2 Å². The molecule has 1 amide bonds. The quantitative estimate of drug-likeness (QED) is 0.498. The second kappa shape index (κ2) is 13.9. The topological polar surface area (TPSA) is 95.0 Å². The molecule has 9 nitrogen and oxygen atoms in total. The monoisotopic (exact) mass is 552 g/mol. The van der Waals surface area contributed by atoms with Gasteiger partial charge in [0.1, 0.15) is 5.69 Å². The summed E-state index contributed by atoms with van der Waals surface area (Å²) in [6.07, 6.45) is 7.92. The molecule has 3 aliphatic heterocycles. The summed E-state index contributed by atoms with van der Waals surface area (Å²) in [5.74, 6) is -0.0446. The van der Waals surface area contributed by atoms with Crippen molar-refractivity contribution < 1.29 is 23.7 Å². The van der Waals surface area contributed by atoms with E-state index in [2.05, 4.69) is 39.6 Å². The number of carbonyl (C=O) groups is 1. The number of hydrogen-bond acceptors (Lipinski definition) is 8. The van der Waals surface area contributed by atoms with Crippen LogP contribution in [0.2, 0.25) is 0 Å². The second-order valence-corrected chi connectivity index (χ2v) is 11.2. The Kier molecular flexibility index (Phi) is 10.0. The van der Waals surface area contributed by atoms with Crippen LogP contribution >= 0.6 is 0 Å². The molecule has 0 radical (unpaired) electrons. The fourth-order valence-corrected chi connectivity index (χ4v) is 6.24. The Hall–Kier alpha value is -2.59. The molecule has 218 valence electrons. The number of rotatable bonds is 9. The summed E-state index contributed by atoms with van der Waals surface area (Å²) in [5, 5.41) is 3.76.